The van der Waals surface area contributed by atoms with Crippen LogP contribution < -0.4 is 5.32 Å². The maximum absolute atomic E-state index is 11.7. The third kappa shape index (κ3) is 3.82. The third-order valence-electron chi connectivity index (χ3n) is 5.06. The fourth-order valence-corrected chi connectivity index (χ4v) is 3.80. The fraction of sp³-hybridized carbons (Fsp3) is 0.611. The second-order valence-electron chi connectivity index (χ2n) is 6.72. The van der Waals surface area contributed by atoms with E-state index < -0.39 is 0 Å². The lowest BCUT2D eigenvalue weighted by Gasteiger charge is -2.19. The van der Waals surface area contributed by atoms with Gasteiger partial charge in [0.1, 0.15) is 0 Å². The Morgan fingerprint density at radius 1 is 1.27 bits per heavy atom. The smallest absolute Gasteiger partial charge is 0.220 e. The Labute approximate surface area is 138 Å². The van der Waals surface area contributed by atoms with Crippen molar-refractivity contribution in [3.63, 3.8) is 0 Å². The van der Waals surface area contributed by atoms with Crippen LogP contribution in [0.1, 0.15) is 31.7 Å². The molecule has 1 saturated carbocycles. The van der Waals surface area contributed by atoms with Gasteiger partial charge in [-0.3, -0.25) is 9.69 Å². The highest BCUT2D eigenvalue weighted by atomic mass is 35.5. The van der Waals surface area contributed by atoms with E-state index in [1.54, 1.807) is 0 Å². The van der Waals surface area contributed by atoms with Crippen LogP contribution in [0.15, 0.2) is 24.3 Å². The number of nitrogens with one attached hydrogen (secondary N) is 1. The van der Waals surface area contributed by atoms with Crippen molar-refractivity contribution < 1.29 is 4.79 Å². The molecule has 2 aliphatic rings. The minimum absolute atomic E-state index is 0.227. The Morgan fingerprint density at radius 2 is 1.95 bits per heavy atom. The SMILES string of the molecule is CCCCC(=O)NCC1C2CN(Cc3ccc(Cl)cc3)CC12. The summed E-state index contributed by atoms with van der Waals surface area (Å²) in [5.74, 6) is 2.52. The maximum Gasteiger partial charge on any atom is 0.220 e. The zero-order valence-electron chi connectivity index (χ0n) is 13.2. The Kier molecular flexibility index (Phi) is 5.04. The largest absolute Gasteiger partial charge is 0.356 e. The zero-order chi connectivity index (χ0) is 15.5. The zero-order valence-corrected chi connectivity index (χ0v) is 14.0. The fourth-order valence-electron chi connectivity index (χ4n) is 3.67. The predicted octanol–water partition coefficient (Wildman–Crippen LogP) is 3.32. The van der Waals surface area contributed by atoms with Gasteiger partial charge in [-0.2, -0.15) is 0 Å². The molecule has 1 aromatic carbocycles. The van der Waals surface area contributed by atoms with E-state index in [9.17, 15) is 4.79 Å². The van der Waals surface area contributed by atoms with Crippen molar-refractivity contribution in [2.75, 3.05) is 19.6 Å². The lowest BCUT2D eigenvalue weighted by molar-refractivity contribution is -0.121. The first-order chi connectivity index (χ1) is 10.7. The van der Waals surface area contributed by atoms with Crippen LogP contribution in [0.5, 0.6) is 0 Å². The van der Waals surface area contributed by atoms with Gasteiger partial charge in [-0.15, -0.1) is 0 Å². The van der Waals surface area contributed by atoms with Crippen LogP contribution in [0.2, 0.25) is 5.02 Å². The number of benzene rings is 1. The molecule has 22 heavy (non-hydrogen) atoms. The number of hydrogen-bond acceptors (Lipinski definition) is 2. The van der Waals surface area contributed by atoms with Crippen LogP contribution in [0.25, 0.3) is 0 Å². The van der Waals surface area contributed by atoms with Crippen molar-refractivity contribution in [2.45, 2.75) is 32.7 Å². The van der Waals surface area contributed by atoms with Gasteiger partial charge in [-0.05, 0) is 41.9 Å². The van der Waals surface area contributed by atoms with E-state index in [-0.39, 0.29) is 5.91 Å². The molecule has 0 bridgehead atoms. The monoisotopic (exact) mass is 320 g/mol. The summed E-state index contributed by atoms with van der Waals surface area (Å²) < 4.78 is 0. The number of likely N-dealkylation sites (tertiary alicyclic amines) is 1. The van der Waals surface area contributed by atoms with Crippen LogP contribution in [0, 0.1) is 17.8 Å². The Bertz CT molecular complexity index is 504. The Balaban J connectivity index is 1.36. The molecule has 4 heteroatoms. The highest BCUT2D eigenvalue weighted by molar-refractivity contribution is 6.30. The minimum Gasteiger partial charge on any atom is -0.356 e. The molecule has 3 rings (SSSR count). The van der Waals surface area contributed by atoms with Gasteiger partial charge >= 0.3 is 0 Å². The number of nitrogens with zero attached hydrogens (tertiary/aromatic N) is 1. The highest BCUT2D eigenvalue weighted by Gasteiger charge is 2.54. The van der Waals surface area contributed by atoms with Crippen molar-refractivity contribution in [3.8, 4) is 0 Å². The topological polar surface area (TPSA) is 32.3 Å². The van der Waals surface area contributed by atoms with Gasteiger partial charge in [0, 0.05) is 37.6 Å². The van der Waals surface area contributed by atoms with Crippen LogP contribution >= 0.6 is 11.6 Å². The normalized spacial score (nSPS) is 26.7. The van der Waals surface area contributed by atoms with Crippen molar-refractivity contribution in [3.05, 3.63) is 34.9 Å². The molecule has 1 heterocycles. The Morgan fingerprint density at radius 3 is 2.59 bits per heavy atom. The van der Waals surface area contributed by atoms with Gasteiger partial charge < -0.3 is 5.32 Å². The molecule has 0 aromatic heterocycles. The number of unbranched alkanes of at least 4 members (excludes halogenated alkanes) is 1. The van der Waals surface area contributed by atoms with E-state index in [1.165, 1.54) is 18.7 Å². The van der Waals surface area contributed by atoms with Crippen molar-refractivity contribution in [1.82, 2.24) is 10.2 Å². The standard InChI is InChI=1S/C18H25ClN2O/c1-2-3-4-18(22)20-9-15-16-11-21(12-17(15)16)10-13-5-7-14(19)8-6-13/h5-8,15-17H,2-4,9-12H2,1H3,(H,20,22). The van der Waals surface area contributed by atoms with Crippen LogP contribution in [0.3, 0.4) is 0 Å². The highest BCUT2D eigenvalue weighted by Crippen LogP contribution is 2.51. The predicted molar refractivity (Wildman–Crippen MR) is 89.7 cm³/mol. The molecule has 1 N–H and O–H groups in total. The number of rotatable bonds is 7. The molecule has 1 aliphatic heterocycles. The first-order valence-corrected chi connectivity index (χ1v) is 8.78. The van der Waals surface area contributed by atoms with Crippen LogP contribution in [0.4, 0.5) is 0 Å². The molecular weight excluding hydrogens is 296 g/mol. The molecule has 1 aromatic rings. The van der Waals surface area contributed by atoms with Gasteiger partial charge in [-0.25, -0.2) is 0 Å². The maximum atomic E-state index is 11.7. The lowest BCUT2D eigenvalue weighted by Crippen LogP contribution is -2.30. The summed E-state index contributed by atoms with van der Waals surface area (Å²) in [6.45, 7) is 6.35. The van der Waals surface area contributed by atoms with E-state index >= 15 is 0 Å². The van der Waals surface area contributed by atoms with Gasteiger partial charge in [0.05, 0.1) is 0 Å². The molecular formula is C18H25ClN2O. The van der Waals surface area contributed by atoms with Crippen molar-refractivity contribution >= 4 is 17.5 Å². The summed E-state index contributed by atoms with van der Waals surface area (Å²) in [7, 11) is 0. The average Bonchev–Trinajstić information content (AvgIpc) is 2.97. The molecule has 1 amide bonds. The molecule has 1 aliphatic carbocycles. The van der Waals surface area contributed by atoms with Gasteiger partial charge in [-0.1, -0.05) is 37.1 Å². The number of fused-ring (bicyclic) bond motifs is 1. The van der Waals surface area contributed by atoms with Gasteiger partial charge in [0.25, 0.3) is 0 Å². The molecule has 2 fully saturated rings. The Hall–Kier alpha value is -1.06. The summed E-state index contributed by atoms with van der Waals surface area (Å²) in [5, 5.41) is 3.90. The first kappa shape index (κ1) is 15.8. The second kappa shape index (κ2) is 7.01. The van der Waals surface area contributed by atoms with E-state index in [0.29, 0.717) is 12.3 Å². The summed E-state index contributed by atoms with van der Waals surface area (Å²) in [4.78, 5) is 14.2. The number of halogens is 1. The summed E-state index contributed by atoms with van der Waals surface area (Å²) in [6, 6.07) is 8.14. The van der Waals surface area contributed by atoms with Crippen LogP contribution in [-0.2, 0) is 11.3 Å². The quantitative estimate of drug-likeness (QED) is 0.836. The van der Waals surface area contributed by atoms with Gasteiger partial charge in [0.2, 0.25) is 5.91 Å². The number of hydrogen-bond donors (Lipinski definition) is 1. The number of piperidine rings is 1. The third-order valence-corrected chi connectivity index (χ3v) is 5.31. The summed E-state index contributed by atoms with van der Waals surface area (Å²) in [6.07, 6.45) is 2.77. The molecule has 3 nitrogen and oxygen atoms in total. The van der Waals surface area contributed by atoms with E-state index in [0.717, 1.165) is 42.8 Å². The number of amides is 1. The van der Waals surface area contributed by atoms with E-state index in [1.807, 2.05) is 12.1 Å². The molecule has 120 valence electrons. The average molecular weight is 321 g/mol. The number of carbonyl (C=O) groups excluding carboxylic acids is 1. The lowest BCUT2D eigenvalue weighted by atomic mass is 10.2. The molecule has 2 unspecified atom stereocenters. The first-order valence-electron chi connectivity index (χ1n) is 8.41. The molecule has 0 radical (unpaired) electrons. The molecule has 1 saturated heterocycles. The van der Waals surface area contributed by atoms with Crippen molar-refractivity contribution in [2.24, 2.45) is 17.8 Å². The molecule has 0 spiro atoms. The summed E-state index contributed by atoms with van der Waals surface area (Å²) in [5.41, 5.74) is 1.33. The second-order valence-corrected chi connectivity index (χ2v) is 7.16. The molecule has 2 atom stereocenters. The van der Waals surface area contributed by atoms with Crippen molar-refractivity contribution in [1.29, 1.82) is 0 Å². The van der Waals surface area contributed by atoms with Gasteiger partial charge in [0.15, 0.2) is 0 Å². The summed E-state index contributed by atoms with van der Waals surface area (Å²) >= 11 is 5.92. The minimum atomic E-state index is 0.227. The van der Waals surface area contributed by atoms with Crippen LogP contribution in [-0.4, -0.2) is 30.4 Å². The van der Waals surface area contributed by atoms with E-state index in [2.05, 4.69) is 29.3 Å². The number of carbonyl (C=O) groups is 1. The van der Waals surface area contributed by atoms with E-state index in [4.69, 9.17) is 11.6 Å².